The second-order valence-electron chi connectivity index (χ2n) is 3.65. The zero-order valence-corrected chi connectivity index (χ0v) is 8.70. The molecule has 1 nitrogen and oxygen atoms in total. The van der Waals surface area contributed by atoms with Gasteiger partial charge >= 0.3 is 0 Å². The summed E-state index contributed by atoms with van der Waals surface area (Å²) in [7, 11) is 0. The first-order valence-corrected chi connectivity index (χ1v) is 4.75. The molecule has 14 heavy (non-hydrogen) atoms. The average Bonchev–Trinajstić information content (AvgIpc) is 2.15. The number of hydrogen-bond donors (Lipinski definition) is 1. The van der Waals surface area contributed by atoms with Crippen molar-refractivity contribution in [1.82, 2.24) is 0 Å². The molecule has 0 unspecified atom stereocenters. The van der Waals surface area contributed by atoms with Crippen LogP contribution in [0.4, 0.5) is 0 Å². The highest BCUT2D eigenvalue weighted by molar-refractivity contribution is 5.52. The first-order valence-electron chi connectivity index (χ1n) is 4.75. The van der Waals surface area contributed by atoms with Crippen LogP contribution in [0.1, 0.15) is 30.9 Å². The molecule has 1 aromatic carbocycles. The van der Waals surface area contributed by atoms with Gasteiger partial charge in [0.2, 0.25) is 0 Å². The van der Waals surface area contributed by atoms with Gasteiger partial charge in [-0.1, -0.05) is 50.8 Å². The summed E-state index contributed by atoms with van der Waals surface area (Å²) in [5, 5.41) is 8.88. The van der Waals surface area contributed by atoms with Gasteiger partial charge in [0.25, 0.3) is 0 Å². The van der Waals surface area contributed by atoms with Gasteiger partial charge in [0.15, 0.2) is 0 Å². The molecule has 0 radical (unpaired) electrons. The minimum absolute atomic E-state index is 0.0814. The highest BCUT2D eigenvalue weighted by Gasteiger charge is 1.96. The van der Waals surface area contributed by atoms with Crippen LogP contribution in [-0.4, -0.2) is 5.11 Å². The Hall–Kier alpha value is -1.50. The first kappa shape index (κ1) is 10.6. The third-order valence-electron chi connectivity index (χ3n) is 2.07. The molecule has 0 aliphatic heterocycles. The molecule has 0 aromatic heterocycles. The fraction of sp³-hybridized carbons (Fsp3) is 0.231. The molecule has 74 valence electrons. The van der Waals surface area contributed by atoms with Gasteiger partial charge in [-0.2, -0.15) is 0 Å². The summed E-state index contributed by atoms with van der Waals surface area (Å²) in [5.41, 5.74) is 2.40. The topological polar surface area (TPSA) is 20.2 Å². The van der Waals surface area contributed by atoms with Gasteiger partial charge < -0.3 is 5.11 Å². The van der Waals surface area contributed by atoms with Crippen molar-refractivity contribution in [2.45, 2.75) is 19.8 Å². The van der Waals surface area contributed by atoms with Crippen molar-refractivity contribution >= 4 is 6.08 Å². The van der Waals surface area contributed by atoms with Crippen molar-refractivity contribution < 1.29 is 5.11 Å². The van der Waals surface area contributed by atoms with Crippen LogP contribution in [0, 0.1) is 0 Å². The predicted molar refractivity (Wildman–Crippen MR) is 61.3 cm³/mol. The number of benzene rings is 1. The second-order valence-corrected chi connectivity index (χ2v) is 3.65. The Morgan fingerprint density at radius 3 is 2.29 bits per heavy atom. The molecule has 0 saturated heterocycles. The van der Waals surface area contributed by atoms with E-state index in [1.807, 2.05) is 18.2 Å². The Labute approximate surface area is 85.4 Å². The summed E-state index contributed by atoms with van der Waals surface area (Å²) in [6.07, 6.45) is 3.43. The van der Waals surface area contributed by atoms with Crippen molar-refractivity contribution in [2.75, 3.05) is 0 Å². The van der Waals surface area contributed by atoms with Crippen LogP contribution < -0.4 is 0 Å². The van der Waals surface area contributed by atoms with Gasteiger partial charge in [-0.25, -0.2) is 0 Å². The van der Waals surface area contributed by atoms with E-state index in [1.54, 1.807) is 6.08 Å². The van der Waals surface area contributed by atoms with E-state index in [0.29, 0.717) is 5.92 Å². The second kappa shape index (κ2) is 4.66. The predicted octanol–water partition coefficient (Wildman–Crippen LogP) is 3.89. The average molecular weight is 188 g/mol. The summed E-state index contributed by atoms with van der Waals surface area (Å²) in [4.78, 5) is 0. The molecule has 0 bridgehead atoms. The highest BCUT2D eigenvalue weighted by atomic mass is 16.3. The lowest BCUT2D eigenvalue weighted by Gasteiger charge is -2.04. The molecule has 1 aromatic rings. The van der Waals surface area contributed by atoms with Gasteiger partial charge in [0.05, 0.1) is 0 Å². The molecular weight excluding hydrogens is 172 g/mol. The van der Waals surface area contributed by atoms with Crippen LogP contribution in [0.2, 0.25) is 0 Å². The Morgan fingerprint density at radius 1 is 1.29 bits per heavy atom. The van der Waals surface area contributed by atoms with Crippen LogP contribution in [0.25, 0.3) is 6.08 Å². The smallest absolute Gasteiger partial charge is 0.108 e. The summed E-state index contributed by atoms with van der Waals surface area (Å²) in [6, 6.07) is 8.28. The van der Waals surface area contributed by atoms with Crippen molar-refractivity contribution in [3.63, 3.8) is 0 Å². The number of aliphatic hydroxyl groups is 1. The lowest BCUT2D eigenvalue weighted by molar-refractivity contribution is 0.436. The molecule has 0 amide bonds. The Balaban J connectivity index is 2.78. The largest absolute Gasteiger partial charge is 0.509 e. The van der Waals surface area contributed by atoms with Crippen LogP contribution in [0.15, 0.2) is 42.7 Å². The summed E-state index contributed by atoms with van der Waals surface area (Å²) in [5.74, 6) is 0.638. The molecule has 0 aliphatic rings. The monoisotopic (exact) mass is 188 g/mol. The zero-order valence-electron chi connectivity index (χ0n) is 8.70. The summed E-state index contributed by atoms with van der Waals surface area (Å²) in [6.45, 7) is 7.72. The van der Waals surface area contributed by atoms with Gasteiger partial charge in [0.1, 0.15) is 5.76 Å². The maximum absolute atomic E-state index is 8.88. The minimum Gasteiger partial charge on any atom is -0.509 e. The fourth-order valence-electron chi connectivity index (χ4n) is 1.18. The number of allylic oxidation sites excluding steroid dienone is 1. The maximum Gasteiger partial charge on any atom is 0.108 e. The number of aliphatic hydroxyl groups excluding tert-OH is 1. The Bertz CT molecular complexity index is 331. The van der Waals surface area contributed by atoms with Crippen molar-refractivity contribution in [2.24, 2.45) is 0 Å². The molecule has 1 rings (SSSR count). The van der Waals surface area contributed by atoms with E-state index >= 15 is 0 Å². The van der Waals surface area contributed by atoms with Crippen LogP contribution >= 0.6 is 0 Å². The van der Waals surface area contributed by atoms with E-state index in [2.05, 4.69) is 32.6 Å². The SMILES string of the molecule is C=C(O)/C=C/c1ccc(C(C)C)cc1. The van der Waals surface area contributed by atoms with Gasteiger partial charge in [-0.15, -0.1) is 0 Å². The molecule has 0 saturated carbocycles. The molecular formula is C13H16O. The van der Waals surface area contributed by atoms with E-state index in [0.717, 1.165) is 5.56 Å². The van der Waals surface area contributed by atoms with E-state index < -0.39 is 0 Å². The van der Waals surface area contributed by atoms with E-state index in [1.165, 1.54) is 5.56 Å². The van der Waals surface area contributed by atoms with E-state index in [-0.39, 0.29) is 5.76 Å². The van der Waals surface area contributed by atoms with Crippen molar-refractivity contribution in [3.8, 4) is 0 Å². The Morgan fingerprint density at radius 2 is 1.86 bits per heavy atom. The van der Waals surface area contributed by atoms with Crippen LogP contribution in [-0.2, 0) is 0 Å². The van der Waals surface area contributed by atoms with Gasteiger partial charge in [-0.3, -0.25) is 0 Å². The van der Waals surface area contributed by atoms with E-state index in [4.69, 9.17) is 5.11 Å². The lowest BCUT2D eigenvalue weighted by atomic mass is 10.0. The molecule has 0 fully saturated rings. The third-order valence-corrected chi connectivity index (χ3v) is 2.07. The zero-order chi connectivity index (χ0) is 10.6. The van der Waals surface area contributed by atoms with Crippen LogP contribution in [0.3, 0.4) is 0 Å². The first-order chi connectivity index (χ1) is 6.59. The Kier molecular flexibility index (Phi) is 3.52. The molecule has 0 heterocycles. The van der Waals surface area contributed by atoms with Gasteiger partial charge in [0, 0.05) is 0 Å². The molecule has 0 atom stereocenters. The lowest BCUT2D eigenvalue weighted by Crippen LogP contribution is -1.85. The minimum atomic E-state index is 0.0814. The quantitative estimate of drug-likeness (QED) is 0.563. The molecule has 1 N–H and O–H groups in total. The van der Waals surface area contributed by atoms with Crippen molar-refractivity contribution in [1.29, 1.82) is 0 Å². The maximum atomic E-state index is 8.88. The highest BCUT2D eigenvalue weighted by Crippen LogP contribution is 2.15. The molecule has 0 aliphatic carbocycles. The normalized spacial score (nSPS) is 11.1. The van der Waals surface area contributed by atoms with Crippen molar-refractivity contribution in [3.05, 3.63) is 53.8 Å². The van der Waals surface area contributed by atoms with Crippen LogP contribution in [0.5, 0.6) is 0 Å². The number of rotatable bonds is 3. The summed E-state index contributed by atoms with van der Waals surface area (Å²) >= 11 is 0. The van der Waals surface area contributed by atoms with Gasteiger partial charge in [-0.05, 0) is 23.1 Å². The third kappa shape index (κ3) is 3.09. The molecule has 0 spiro atoms. The number of hydrogen-bond acceptors (Lipinski definition) is 1. The summed E-state index contributed by atoms with van der Waals surface area (Å²) < 4.78 is 0. The fourth-order valence-corrected chi connectivity index (χ4v) is 1.18. The molecule has 1 heteroatoms. The standard InChI is InChI=1S/C13H16O/c1-10(2)13-8-6-12(7-9-13)5-4-11(3)14/h4-10,14H,3H2,1-2H3/b5-4+. The van der Waals surface area contributed by atoms with E-state index in [9.17, 15) is 0 Å².